The monoisotopic (exact) mass is 456 g/mol. The Morgan fingerprint density at radius 2 is 1.74 bits per heavy atom. The number of hydrogen-bond acceptors (Lipinski definition) is 5. The molecule has 2 aliphatic carbocycles. The molecule has 3 aliphatic rings. The van der Waals surface area contributed by atoms with Crippen molar-refractivity contribution in [1.82, 2.24) is 4.90 Å². The van der Waals surface area contributed by atoms with Crippen LogP contribution in [-0.4, -0.2) is 41.7 Å². The summed E-state index contributed by atoms with van der Waals surface area (Å²) in [6.07, 6.45) is -0.187. The fourth-order valence-electron chi connectivity index (χ4n) is 4.49. The lowest BCUT2D eigenvalue weighted by Crippen LogP contribution is -2.38. The van der Waals surface area contributed by atoms with Gasteiger partial charge in [0, 0.05) is 5.02 Å². The number of likely N-dealkylation sites (tertiary alicyclic amines) is 1. The van der Waals surface area contributed by atoms with E-state index in [1.165, 1.54) is 6.07 Å². The third-order valence-corrected chi connectivity index (χ3v) is 6.01. The lowest BCUT2D eigenvalue weighted by atomic mass is 9.85. The molecular formula is C20H16ClF3N2O5. The van der Waals surface area contributed by atoms with Crippen LogP contribution in [0.1, 0.15) is 12.0 Å². The second-order valence-corrected chi connectivity index (χ2v) is 8.10. The first-order valence-corrected chi connectivity index (χ1v) is 9.80. The molecule has 1 aromatic rings. The van der Waals surface area contributed by atoms with Gasteiger partial charge in [0.2, 0.25) is 11.8 Å². The number of nitrogens with zero attached hydrogens (tertiary/aromatic N) is 1. The summed E-state index contributed by atoms with van der Waals surface area (Å²) >= 11 is 5.58. The maximum Gasteiger partial charge on any atom is 0.418 e. The van der Waals surface area contributed by atoms with Crippen LogP contribution in [0.25, 0.3) is 0 Å². The summed E-state index contributed by atoms with van der Waals surface area (Å²) in [6, 6.07) is 2.81. The molecule has 31 heavy (non-hydrogen) atoms. The SMILES string of the molecule is O=C(COC(=O)CN1C(=O)C2C3C=CC(C3)C2C1=O)Nc1ccc(Cl)cc1C(F)(F)F. The van der Waals surface area contributed by atoms with Crippen molar-refractivity contribution in [2.45, 2.75) is 12.6 Å². The van der Waals surface area contributed by atoms with E-state index >= 15 is 0 Å². The van der Waals surface area contributed by atoms with Crippen molar-refractivity contribution >= 4 is 41.0 Å². The number of allylic oxidation sites excluding steroid dienone is 2. The van der Waals surface area contributed by atoms with Crippen LogP contribution in [0.3, 0.4) is 0 Å². The molecule has 2 bridgehead atoms. The van der Waals surface area contributed by atoms with Gasteiger partial charge in [-0.05, 0) is 36.5 Å². The summed E-state index contributed by atoms with van der Waals surface area (Å²) in [6.45, 7) is -1.53. The highest BCUT2D eigenvalue weighted by molar-refractivity contribution is 6.30. The van der Waals surface area contributed by atoms with Crippen LogP contribution in [-0.2, 0) is 30.1 Å². The van der Waals surface area contributed by atoms with Gasteiger partial charge in [0.15, 0.2) is 6.61 Å². The number of halogens is 4. The largest absolute Gasteiger partial charge is 0.454 e. The number of alkyl halides is 3. The second-order valence-electron chi connectivity index (χ2n) is 7.66. The quantitative estimate of drug-likeness (QED) is 0.418. The lowest BCUT2D eigenvalue weighted by Gasteiger charge is -2.16. The van der Waals surface area contributed by atoms with E-state index in [2.05, 4.69) is 0 Å². The number of benzene rings is 1. The van der Waals surface area contributed by atoms with Crippen LogP contribution >= 0.6 is 11.6 Å². The minimum Gasteiger partial charge on any atom is -0.454 e. The smallest absolute Gasteiger partial charge is 0.418 e. The van der Waals surface area contributed by atoms with Gasteiger partial charge in [0.05, 0.1) is 23.1 Å². The highest BCUT2D eigenvalue weighted by Crippen LogP contribution is 2.52. The van der Waals surface area contributed by atoms with Crippen molar-refractivity contribution in [2.75, 3.05) is 18.5 Å². The van der Waals surface area contributed by atoms with Gasteiger partial charge in [-0.25, -0.2) is 0 Å². The number of carbonyl (C=O) groups is 4. The van der Waals surface area contributed by atoms with Crippen LogP contribution in [0.4, 0.5) is 18.9 Å². The van der Waals surface area contributed by atoms with Crippen molar-refractivity contribution in [3.05, 3.63) is 40.9 Å². The van der Waals surface area contributed by atoms with Gasteiger partial charge in [-0.2, -0.15) is 13.2 Å². The summed E-state index contributed by atoms with van der Waals surface area (Å²) in [5.74, 6) is -3.87. The number of nitrogens with one attached hydrogen (secondary N) is 1. The van der Waals surface area contributed by atoms with Gasteiger partial charge < -0.3 is 10.1 Å². The van der Waals surface area contributed by atoms with Gasteiger partial charge in [-0.15, -0.1) is 0 Å². The number of imide groups is 1. The number of esters is 1. The van der Waals surface area contributed by atoms with Crippen molar-refractivity contribution in [2.24, 2.45) is 23.7 Å². The molecule has 0 radical (unpaired) electrons. The van der Waals surface area contributed by atoms with Crippen molar-refractivity contribution in [1.29, 1.82) is 0 Å². The van der Waals surface area contributed by atoms with Crippen LogP contribution < -0.4 is 5.32 Å². The number of amides is 3. The molecule has 1 aromatic carbocycles. The Balaban J connectivity index is 1.33. The summed E-state index contributed by atoms with van der Waals surface area (Å²) in [7, 11) is 0. The van der Waals surface area contributed by atoms with E-state index in [0.29, 0.717) is 6.07 Å². The fourth-order valence-corrected chi connectivity index (χ4v) is 4.66. The Kier molecular flexibility index (Phi) is 5.28. The second kappa shape index (κ2) is 7.67. The molecule has 1 saturated carbocycles. The van der Waals surface area contributed by atoms with E-state index in [0.717, 1.165) is 17.4 Å². The van der Waals surface area contributed by atoms with E-state index in [4.69, 9.17) is 16.3 Å². The number of carbonyl (C=O) groups excluding carboxylic acids is 4. The third-order valence-electron chi connectivity index (χ3n) is 5.77. The summed E-state index contributed by atoms with van der Waals surface area (Å²) in [5.41, 5.74) is -1.69. The van der Waals surface area contributed by atoms with E-state index < -0.39 is 66.1 Å². The first-order valence-electron chi connectivity index (χ1n) is 9.42. The molecule has 0 spiro atoms. The van der Waals surface area contributed by atoms with E-state index in [1.54, 1.807) is 0 Å². The molecule has 1 aliphatic heterocycles. The van der Waals surface area contributed by atoms with Gasteiger partial charge in [0.25, 0.3) is 5.91 Å². The molecule has 11 heteroatoms. The Morgan fingerprint density at radius 3 is 2.32 bits per heavy atom. The molecule has 7 nitrogen and oxygen atoms in total. The zero-order valence-corrected chi connectivity index (χ0v) is 16.6. The average molecular weight is 457 g/mol. The van der Waals surface area contributed by atoms with Crippen molar-refractivity contribution < 1.29 is 37.1 Å². The Labute approximate surface area is 179 Å². The molecule has 1 heterocycles. The molecule has 2 fully saturated rings. The Hall–Kier alpha value is -2.88. The first-order chi connectivity index (χ1) is 14.6. The standard InChI is InChI=1S/C20H16ClF3N2O5/c21-11-3-4-13(12(6-11)20(22,23)24)25-14(27)8-31-15(28)7-26-18(29)16-9-1-2-10(5-9)17(16)19(26)30/h1-4,6,9-10,16-17H,5,7-8H2,(H,25,27). The molecule has 4 atom stereocenters. The van der Waals surface area contributed by atoms with Gasteiger partial charge in [-0.3, -0.25) is 24.1 Å². The van der Waals surface area contributed by atoms with E-state index in [-0.39, 0.29) is 16.9 Å². The highest BCUT2D eigenvalue weighted by atomic mass is 35.5. The maximum absolute atomic E-state index is 13.1. The lowest BCUT2D eigenvalue weighted by molar-refractivity contribution is -0.154. The topological polar surface area (TPSA) is 92.8 Å². The maximum atomic E-state index is 13.1. The number of anilines is 1. The number of fused-ring (bicyclic) bond motifs is 5. The van der Waals surface area contributed by atoms with Gasteiger partial charge in [-0.1, -0.05) is 23.8 Å². The van der Waals surface area contributed by atoms with Crippen molar-refractivity contribution in [3.63, 3.8) is 0 Å². The van der Waals surface area contributed by atoms with E-state index in [1.807, 2.05) is 17.5 Å². The minimum absolute atomic E-state index is 0.0135. The molecule has 1 saturated heterocycles. The Morgan fingerprint density at radius 1 is 1.13 bits per heavy atom. The normalized spacial score (nSPS) is 26.4. The zero-order valence-electron chi connectivity index (χ0n) is 15.8. The predicted octanol–water partition coefficient (Wildman–Crippen LogP) is 2.65. The molecule has 164 valence electrons. The van der Waals surface area contributed by atoms with Crippen LogP contribution in [0, 0.1) is 23.7 Å². The summed E-state index contributed by atoms with van der Waals surface area (Å²) < 4.78 is 44.0. The molecule has 0 aromatic heterocycles. The molecular weight excluding hydrogens is 441 g/mol. The van der Waals surface area contributed by atoms with Gasteiger partial charge in [0.1, 0.15) is 6.54 Å². The number of hydrogen-bond donors (Lipinski definition) is 1. The molecule has 1 N–H and O–H groups in total. The van der Waals surface area contributed by atoms with Crippen LogP contribution in [0.5, 0.6) is 0 Å². The van der Waals surface area contributed by atoms with Gasteiger partial charge >= 0.3 is 12.1 Å². The summed E-state index contributed by atoms with van der Waals surface area (Å²) in [5, 5.41) is 1.85. The summed E-state index contributed by atoms with van der Waals surface area (Å²) in [4.78, 5) is 49.9. The molecule has 4 unspecified atom stereocenters. The van der Waals surface area contributed by atoms with Crippen molar-refractivity contribution in [3.8, 4) is 0 Å². The van der Waals surface area contributed by atoms with Crippen LogP contribution in [0.15, 0.2) is 30.4 Å². The predicted molar refractivity (Wildman–Crippen MR) is 100 cm³/mol. The molecule has 4 rings (SSSR count). The molecule has 3 amide bonds. The minimum atomic E-state index is -4.76. The fraction of sp³-hybridized carbons (Fsp3) is 0.400. The number of ether oxygens (including phenoxy) is 1. The Bertz CT molecular complexity index is 979. The zero-order chi connectivity index (χ0) is 22.5. The number of rotatable bonds is 5. The average Bonchev–Trinajstić information content (AvgIpc) is 3.37. The highest BCUT2D eigenvalue weighted by Gasteiger charge is 2.59. The third kappa shape index (κ3) is 3.91. The first kappa shape index (κ1) is 21.4. The van der Waals surface area contributed by atoms with E-state index in [9.17, 15) is 32.3 Å². The van der Waals surface area contributed by atoms with Crippen LogP contribution in [0.2, 0.25) is 5.02 Å².